The van der Waals surface area contributed by atoms with Crippen LogP contribution in [-0.4, -0.2) is 24.2 Å². The Morgan fingerprint density at radius 3 is 2.47 bits per heavy atom. The standard InChI is InChI=1S/C24H17ClFNO3/c25-17-11-9-16(10-12-17)22-15-19(18-5-1-3-7-21(18)27-22)24(28)30-14-13-29-23-8-4-2-6-20(23)26/h1-12,15H,13-14H2. The van der Waals surface area contributed by atoms with Crippen molar-refractivity contribution in [3.63, 3.8) is 0 Å². The fraction of sp³-hybridized carbons (Fsp3) is 0.0833. The van der Waals surface area contributed by atoms with Crippen molar-refractivity contribution in [3.05, 3.63) is 95.3 Å². The number of carbonyl (C=O) groups is 1. The molecule has 0 aliphatic rings. The van der Waals surface area contributed by atoms with Gasteiger partial charge < -0.3 is 9.47 Å². The van der Waals surface area contributed by atoms with Crippen molar-refractivity contribution in [2.24, 2.45) is 0 Å². The minimum Gasteiger partial charge on any atom is -0.487 e. The molecule has 4 nitrogen and oxygen atoms in total. The normalized spacial score (nSPS) is 10.7. The molecular formula is C24H17ClFNO3. The van der Waals surface area contributed by atoms with Gasteiger partial charge in [0.25, 0.3) is 0 Å². The summed E-state index contributed by atoms with van der Waals surface area (Å²) in [6, 6.07) is 22.4. The minimum absolute atomic E-state index is 0.0138. The van der Waals surface area contributed by atoms with Crippen LogP contribution in [0.15, 0.2) is 78.9 Å². The lowest BCUT2D eigenvalue weighted by molar-refractivity contribution is 0.0450. The van der Waals surface area contributed by atoms with Gasteiger partial charge in [-0.3, -0.25) is 0 Å². The van der Waals surface area contributed by atoms with Crippen LogP contribution < -0.4 is 4.74 Å². The Kier molecular flexibility index (Phi) is 5.91. The second-order valence-electron chi connectivity index (χ2n) is 6.49. The van der Waals surface area contributed by atoms with Crippen LogP contribution in [0.1, 0.15) is 10.4 Å². The number of aromatic nitrogens is 1. The van der Waals surface area contributed by atoms with E-state index in [-0.39, 0.29) is 19.0 Å². The summed E-state index contributed by atoms with van der Waals surface area (Å²) in [6.07, 6.45) is 0. The zero-order valence-electron chi connectivity index (χ0n) is 15.8. The Bertz CT molecular complexity index is 1190. The van der Waals surface area contributed by atoms with Gasteiger partial charge in [0.05, 0.1) is 16.8 Å². The number of carbonyl (C=O) groups excluding carboxylic acids is 1. The zero-order chi connectivity index (χ0) is 20.9. The second-order valence-corrected chi connectivity index (χ2v) is 6.93. The maximum Gasteiger partial charge on any atom is 0.339 e. The van der Waals surface area contributed by atoms with Crippen molar-refractivity contribution in [2.75, 3.05) is 13.2 Å². The third-order valence-corrected chi connectivity index (χ3v) is 4.74. The SMILES string of the molecule is O=C(OCCOc1ccccc1F)c1cc(-c2ccc(Cl)cc2)nc2ccccc12. The van der Waals surface area contributed by atoms with Crippen LogP contribution >= 0.6 is 11.6 Å². The lowest BCUT2D eigenvalue weighted by atomic mass is 10.0. The molecule has 4 rings (SSSR count). The molecule has 3 aromatic carbocycles. The number of esters is 1. The molecule has 150 valence electrons. The monoisotopic (exact) mass is 421 g/mol. The van der Waals surface area contributed by atoms with Gasteiger partial charge in [-0.05, 0) is 36.4 Å². The summed E-state index contributed by atoms with van der Waals surface area (Å²) in [5.41, 5.74) is 2.55. The third kappa shape index (κ3) is 4.42. The number of pyridine rings is 1. The van der Waals surface area contributed by atoms with Gasteiger partial charge in [-0.15, -0.1) is 0 Å². The Morgan fingerprint density at radius 1 is 0.933 bits per heavy atom. The van der Waals surface area contributed by atoms with Crippen molar-refractivity contribution < 1.29 is 18.7 Å². The molecule has 1 aromatic heterocycles. The maximum atomic E-state index is 13.6. The van der Waals surface area contributed by atoms with Crippen LogP contribution in [0, 0.1) is 5.82 Å². The van der Waals surface area contributed by atoms with Gasteiger partial charge in [-0.1, -0.05) is 54.1 Å². The molecule has 0 unspecified atom stereocenters. The predicted molar refractivity (Wildman–Crippen MR) is 114 cm³/mol. The molecule has 4 aromatic rings. The van der Waals surface area contributed by atoms with Crippen LogP contribution in [0.4, 0.5) is 4.39 Å². The number of rotatable bonds is 6. The molecule has 0 aliphatic heterocycles. The van der Waals surface area contributed by atoms with Crippen LogP contribution in [0.25, 0.3) is 22.2 Å². The first kappa shape index (κ1) is 19.9. The van der Waals surface area contributed by atoms with Gasteiger partial charge >= 0.3 is 5.97 Å². The van der Waals surface area contributed by atoms with E-state index in [1.54, 1.807) is 30.3 Å². The quantitative estimate of drug-likeness (QED) is 0.286. The largest absolute Gasteiger partial charge is 0.487 e. The summed E-state index contributed by atoms with van der Waals surface area (Å²) in [7, 11) is 0. The molecular weight excluding hydrogens is 405 g/mol. The average Bonchev–Trinajstić information content (AvgIpc) is 2.77. The summed E-state index contributed by atoms with van der Waals surface area (Å²) in [5.74, 6) is -0.842. The molecule has 1 heterocycles. The fourth-order valence-electron chi connectivity index (χ4n) is 3.04. The molecule has 0 bridgehead atoms. The van der Waals surface area contributed by atoms with E-state index >= 15 is 0 Å². The first-order valence-electron chi connectivity index (χ1n) is 9.32. The van der Waals surface area contributed by atoms with E-state index in [1.165, 1.54) is 12.1 Å². The van der Waals surface area contributed by atoms with E-state index in [1.807, 2.05) is 36.4 Å². The van der Waals surface area contributed by atoms with Gasteiger partial charge in [-0.25, -0.2) is 14.2 Å². The highest BCUT2D eigenvalue weighted by atomic mass is 35.5. The van der Waals surface area contributed by atoms with Crippen LogP contribution in [0.3, 0.4) is 0 Å². The topological polar surface area (TPSA) is 48.4 Å². The van der Waals surface area contributed by atoms with E-state index in [9.17, 15) is 9.18 Å². The number of halogens is 2. The number of para-hydroxylation sites is 2. The Balaban J connectivity index is 1.54. The molecule has 0 saturated heterocycles. The predicted octanol–water partition coefficient (Wildman–Crippen LogP) is 5.93. The smallest absolute Gasteiger partial charge is 0.339 e. The number of benzene rings is 3. The summed E-state index contributed by atoms with van der Waals surface area (Å²) >= 11 is 5.97. The highest BCUT2D eigenvalue weighted by molar-refractivity contribution is 6.30. The first-order valence-corrected chi connectivity index (χ1v) is 9.70. The number of hydrogen-bond acceptors (Lipinski definition) is 4. The summed E-state index contributed by atoms with van der Waals surface area (Å²) in [4.78, 5) is 17.4. The number of fused-ring (bicyclic) bond motifs is 1. The van der Waals surface area contributed by atoms with Gasteiger partial charge in [0.15, 0.2) is 11.6 Å². The lowest BCUT2D eigenvalue weighted by Gasteiger charge is -2.11. The number of ether oxygens (including phenoxy) is 2. The summed E-state index contributed by atoms with van der Waals surface area (Å²) < 4.78 is 24.3. The van der Waals surface area contributed by atoms with Crippen LogP contribution in [0.2, 0.25) is 5.02 Å². The van der Waals surface area contributed by atoms with Crippen molar-refractivity contribution in [1.29, 1.82) is 0 Å². The minimum atomic E-state index is -0.499. The Labute approximate surface area is 177 Å². The van der Waals surface area contributed by atoms with E-state index in [0.29, 0.717) is 27.2 Å². The van der Waals surface area contributed by atoms with Crippen molar-refractivity contribution in [1.82, 2.24) is 4.98 Å². The van der Waals surface area contributed by atoms with E-state index in [2.05, 4.69) is 4.98 Å². The van der Waals surface area contributed by atoms with E-state index < -0.39 is 11.8 Å². The zero-order valence-corrected chi connectivity index (χ0v) is 16.6. The molecule has 30 heavy (non-hydrogen) atoms. The molecule has 0 saturated carbocycles. The van der Waals surface area contributed by atoms with Crippen LogP contribution in [0.5, 0.6) is 5.75 Å². The fourth-order valence-corrected chi connectivity index (χ4v) is 3.16. The Morgan fingerprint density at radius 2 is 1.67 bits per heavy atom. The summed E-state index contributed by atoms with van der Waals surface area (Å²) in [5, 5.41) is 1.31. The molecule has 0 aliphatic carbocycles. The molecule has 6 heteroatoms. The van der Waals surface area contributed by atoms with Gasteiger partial charge in [0.2, 0.25) is 0 Å². The van der Waals surface area contributed by atoms with Gasteiger partial charge in [0, 0.05) is 16.0 Å². The molecule has 0 N–H and O–H groups in total. The molecule has 0 atom stereocenters. The molecule has 0 radical (unpaired) electrons. The van der Waals surface area contributed by atoms with Crippen molar-refractivity contribution in [2.45, 2.75) is 0 Å². The van der Waals surface area contributed by atoms with E-state index in [4.69, 9.17) is 21.1 Å². The van der Waals surface area contributed by atoms with Crippen molar-refractivity contribution >= 4 is 28.5 Å². The Hall–Kier alpha value is -3.44. The molecule has 0 amide bonds. The van der Waals surface area contributed by atoms with E-state index in [0.717, 1.165) is 5.56 Å². The molecule has 0 spiro atoms. The average molecular weight is 422 g/mol. The molecule has 0 fully saturated rings. The van der Waals surface area contributed by atoms with Crippen molar-refractivity contribution in [3.8, 4) is 17.0 Å². The highest BCUT2D eigenvalue weighted by Gasteiger charge is 2.15. The highest BCUT2D eigenvalue weighted by Crippen LogP contribution is 2.26. The number of hydrogen-bond donors (Lipinski definition) is 0. The maximum absolute atomic E-state index is 13.6. The third-order valence-electron chi connectivity index (χ3n) is 4.49. The first-order chi connectivity index (χ1) is 14.6. The summed E-state index contributed by atoms with van der Waals surface area (Å²) in [6.45, 7) is 0.0276. The van der Waals surface area contributed by atoms with Gasteiger partial charge in [0.1, 0.15) is 13.2 Å². The van der Waals surface area contributed by atoms with Crippen LogP contribution in [-0.2, 0) is 4.74 Å². The second kappa shape index (κ2) is 8.93. The number of nitrogens with zero attached hydrogens (tertiary/aromatic N) is 1. The lowest BCUT2D eigenvalue weighted by Crippen LogP contribution is -2.13. The van der Waals surface area contributed by atoms with Gasteiger partial charge in [-0.2, -0.15) is 0 Å².